The Morgan fingerprint density at radius 3 is 2.73 bits per heavy atom. The Labute approximate surface area is 194 Å². The molecule has 3 heterocycles. The molecule has 0 bridgehead atoms. The fraction of sp³-hybridized carbons (Fsp3) is 0.440. The van der Waals surface area contributed by atoms with Gasteiger partial charge in [0.2, 0.25) is 0 Å². The number of ether oxygens (including phenoxy) is 1. The van der Waals surface area contributed by atoms with Crippen molar-refractivity contribution in [1.82, 2.24) is 20.0 Å². The highest BCUT2D eigenvalue weighted by molar-refractivity contribution is 5.93. The third-order valence-electron chi connectivity index (χ3n) is 6.45. The summed E-state index contributed by atoms with van der Waals surface area (Å²) in [7, 11) is 1.70. The summed E-state index contributed by atoms with van der Waals surface area (Å²) in [5, 5.41) is 4.08. The zero-order valence-corrected chi connectivity index (χ0v) is 19.7. The van der Waals surface area contributed by atoms with Gasteiger partial charge in [-0.15, -0.1) is 0 Å². The Balaban J connectivity index is 1.59. The first-order valence-electron chi connectivity index (χ1n) is 11.3. The van der Waals surface area contributed by atoms with E-state index in [0.29, 0.717) is 17.7 Å². The minimum Gasteiger partial charge on any atom is -0.496 e. The van der Waals surface area contributed by atoms with E-state index >= 15 is 0 Å². The van der Waals surface area contributed by atoms with Crippen LogP contribution in [0.2, 0.25) is 0 Å². The van der Waals surface area contributed by atoms with Crippen LogP contribution in [0.4, 0.5) is 0 Å². The van der Waals surface area contributed by atoms with Gasteiger partial charge in [-0.3, -0.25) is 9.69 Å². The topological polar surface area (TPSA) is 107 Å². The number of primary amides is 1. The largest absolute Gasteiger partial charge is 0.496 e. The van der Waals surface area contributed by atoms with Gasteiger partial charge >= 0.3 is 0 Å². The molecular weight excluding hydrogens is 418 g/mol. The molecule has 174 valence electrons. The molecule has 1 amide bonds. The van der Waals surface area contributed by atoms with E-state index in [9.17, 15) is 4.79 Å². The van der Waals surface area contributed by atoms with Crippen molar-refractivity contribution >= 4 is 5.91 Å². The van der Waals surface area contributed by atoms with Crippen molar-refractivity contribution in [2.75, 3.05) is 13.7 Å². The fourth-order valence-electron chi connectivity index (χ4n) is 4.61. The van der Waals surface area contributed by atoms with Crippen LogP contribution in [0.5, 0.6) is 5.75 Å². The van der Waals surface area contributed by atoms with Gasteiger partial charge in [0, 0.05) is 24.7 Å². The highest BCUT2D eigenvalue weighted by atomic mass is 16.5. The maximum atomic E-state index is 11.6. The van der Waals surface area contributed by atoms with Crippen molar-refractivity contribution in [3.8, 4) is 5.75 Å². The van der Waals surface area contributed by atoms with Crippen LogP contribution in [0.3, 0.4) is 0 Å². The van der Waals surface area contributed by atoms with E-state index in [4.69, 9.17) is 15.0 Å². The molecule has 2 aromatic heterocycles. The lowest BCUT2D eigenvalue weighted by atomic mass is 9.98. The molecule has 1 aliphatic rings. The average Bonchev–Trinajstić information content (AvgIpc) is 3.11. The first kappa shape index (κ1) is 22.9. The highest BCUT2D eigenvalue weighted by Crippen LogP contribution is 2.32. The summed E-state index contributed by atoms with van der Waals surface area (Å²) in [6, 6.07) is 6.46. The zero-order chi connectivity index (χ0) is 23.5. The molecule has 4 rings (SSSR count). The number of likely N-dealkylation sites (tertiary alicyclic amines) is 1. The minimum atomic E-state index is -0.497. The second-order valence-corrected chi connectivity index (χ2v) is 8.70. The summed E-state index contributed by atoms with van der Waals surface area (Å²) in [5.41, 5.74) is 10.7. The molecule has 1 saturated heterocycles. The Kier molecular flexibility index (Phi) is 6.74. The van der Waals surface area contributed by atoms with Gasteiger partial charge in [0.05, 0.1) is 30.1 Å². The molecule has 3 aromatic rings. The maximum Gasteiger partial charge on any atom is 0.252 e. The number of methoxy groups -OCH3 is 1. The number of aryl methyl sites for hydroxylation is 3. The number of carbonyl (C=O) groups is 1. The summed E-state index contributed by atoms with van der Waals surface area (Å²) < 4.78 is 11.0. The van der Waals surface area contributed by atoms with Crippen molar-refractivity contribution in [1.29, 1.82) is 0 Å². The summed E-state index contributed by atoms with van der Waals surface area (Å²) in [4.78, 5) is 23.1. The monoisotopic (exact) mass is 449 g/mol. The maximum absolute atomic E-state index is 11.6. The molecule has 1 aromatic carbocycles. The van der Waals surface area contributed by atoms with E-state index in [1.807, 2.05) is 26.8 Å². The van der Waals surface area contributed by atoms with Gasteiger partial charge in [-0.25, -0.2) is 9.97 Å². The second-order valence-electron chi connectivity index (χ2n) is 8.70. The lowest BCUT2D eigenvalue weighted by Gasteiger charge is -2.35. The van der Waals surface area contributed by atoms with Gasteiger partial charge in [0.1, 0.15) is 17.3 Å². The van der Waals surface area contributed by atoms with Crippen LogP contribution in [0.25, 0.3) is 0 Å². The number of nitrogens with two attached hydrogens (primary N) is 1. The number of hydrogen-bond donors (Lipinski definition) is 1. The van der Waals surface area contributed by atoms with Crippen LogP contribution in [-0.2, 0) is 13.0 Å². The quantitative estimate of drug-likeness (QED) is 0.584. The number of carbonyl (C=O) groups excluding carboxylic acids is 1. The predicted molar refractivity (Wildman–Crippen MR) is 124 cm³/mol. The lowest BCUT2D eigenvalue weighted by Crippen LogP contribution is -2.34. The summed E-state index contributed by atoms with van der Waals surface area (Å²) >= 11 is 0. The first-order valence-corrected chi connectivity index (χ1v) is 11.3. The number of piperidine rings is 1. The fourth-order valence-corrected chi connectivity index (χ4v) is 4.61. The molecule has 0 aliphatic carbocycles. The molecule has 1 aliphatic heterocycles. The molecule has 8 nitrogen and oxygen atoms in total. The molecule has 0 saturated carbocycles. The molecule has 2 N–H and O–H groups in total. The van der Waals surface area contributed by atoms with Gasteiger partial charge in [0.15, 0.2) is 0 Å². The van der Waals surface area contributed by atoms with Crippen LogP contribution < -0.4 is 10.5 Å². The number of hydrogen-bond acceptors (Lipinski definition) is 7. The van der Waals surface area contributed by atoms with Gasteiger partial charge in [0.25, 0.3) is 5.91 Å². The normalized spacial score (nSPS) is 16.7. The molecule has 33 heavy (non-hydrogen) atoms. The minimum absolute atomic E-state index is 0.104. The number of nitrogens with zero attached hydrogens (tertiary/aromatic N) is 4. The number of aromatic nitrogens is 3. The van der Waals surface area contributed by atoms with Crippen molar-refractivity contribution in [3.63, 3.8) is 0 Å². The van der Waals surface area contributed by atoms with E-state index in [0.717, 1.165) is 66.5 Å². The first-order chi connectivity index (χ1) is 15.9. The molecule has 1 atom stereocenters. The van der Waals surface area contributed by atoms with Crippen molar-refractivity contribution in [2.45, 2.75) is 59.0 Å². The second kappa shape index (κ2) is 9.70. The van der Waals surface area contributed by atoms with E-state index in [1.165, 1.54) is 5.56 Å². The molecule has 8 heteroatoms. The molecule has 0 radical (unpaired) electrons. The van der Waals surface area contributed by atoms with Crippen LogP contribution in [0, 0.1) is 20.8 Å². The average molecular weight is 450 g/mol. The Morgan fingerprint density at radius 1 is 1.24 bits per heavy atom. The van der Waals surface area contributed by atoms with Crippen molar-refractivity contribution in [2.24, 2.45) is 5.73 Å². The van der Waals surface area contributed by atoms with Gasteiger partial charge < -0.3 is 15.0 Å². The number of amides is 1. The SMILES string of the molecule is COc1ccc(CN2CCCC[C@H]2c2ncc(C(N)=O)c(C)n2)cc1Cc1c(C)noc1C. The van der Waals surface area contributed by atoms with Crippen molar-refractivity contribution < 1.29 is 14.1 Å². The van der Waals surface area contributed by atoms with Gasteiger partial charge in [-0.1, -0.05) is 23.7 Å². The lowest BCUT2D eigenvalue weighted by molar-refractivity contribution is 0.0998. The summed E-state index contributed by atoms with van der Waals surface area (Å²) in [6.45, 7) is 7.46. The van der Waals surface area contributed by atoms with E-state index < -0.39 is 5.91 Å². The molecule has 0 unspecified atom stereocenters. The Morgan fingerprint density at radius 2 is 2.06 bits per heavy atom. The van der Waals surface area contributed by atoms with E-state index in [2.05, 4.69) is 32.2 Å². The van der Waals surface area contributed by atoms with E-state index in [-0.39, 0.29) is 6.04 Å². The van der Waals surface area contributed by atoms with Gasteiger partial charge in [-0.05, 0) is 57.4 Å². The summed E-state index contributed by atoms with van der Waals surface area (Å²) in [5.74, 6) is 1.95. The molecule has 1 fully saturated rings. The summed E-state index contributed by atoms with van der Waals surface area (Å²) in [6.07, 6.45) is 5.51. The number of rotatable bonds is 7. The number of benzene rings is 1. The predicted octanol–water partition coefficient (Wildman–Crippen LogP) is 3.82. The van der Waals surface area contributed by atoms with Crippen LogP contribution in [-0.4, -0.2) is 39.6 Å². The van der Waals surface area contributed by atoms with Crippen LogP contribution in [0.15, 0.2) is 28.9 Å². The van der Waals surface area contributed by atoms with Crippen LogP contribution >= 0.6 is 0 Å². The van der Waals surface area contributed by atoms with Crippen molar-refractivity contribution in [3.05, 3.63) is 69.6 Å². The van der Waals surface area contributed by atoms with Crippen LogP contribution in [0.1, 0.15) is 75.3 Å². The highest BCUT2D eigenvalue weighted by Gasteiger charge is 2.27. The Bertz CT molecular complexity index is 1140. The Hall–Kier alpha value is -3.26. The third-order valence-corrected chi connectivity index (χ3v) is 6.45. The molecular formula is C25H31N5O3. The third kappa shape index (κ3) is 4.90. The zero-order valence-electron chi connectivity index (χ0n) is 19.7. The molecule has 0 spiro atoms. The smallest absolute Gasteiger partial charge is 0.252 e. The van der Waals surface area contributed by atoms with E-state index in [1.54, 1.807) is 13.3 Å². The standard InChI is InChI=1S/C25H31N5O3/c1-15-21(24(26)31)13-27-25(28-15)22-7-5-6-10-30(22)14-18-8-9-23(32-4)19(11-18)12-20-16(2)29-33-17(20)3/h8-9,11,13,22H,5-7,10,12,14H2,1-4H3,(H2,26,31)/t22-/m0/s1. The van der Waals surface area contributed by atoms with Gasteiger partial charge in [-0.2, -0.15) is 0 Å².